The number of benzene rings is 1. The van der Waals surface area contributed by atoms with E-state index in [-0.39, 0.29) is 18.6 Å². The van der Waals surface area contributed by atoms with Gasteiger partial charge in [0.1, 0.15) is 0 Å². The number of carboxylic acid groups (broad SMARTS) is 1. The van der Waals surface area contributed by atoms with E-state index in [4.69, 9.17) is 9.84 Å². The number of hydrogen-bond donors (Lipinski definition) is 1. The lowest BCUT2D eigenvalue weighted by atomic mass is 10.0. The average molecular weight is 320 g/mol. The summed E-state index contributed by atoms with van der Waals surface area (Å²) in [5.41, 5.74) is 2.82. The summed E-state index contributed by atoms with van der Waals surface area (Å²) in [6, 6.07) is 5.82. The van der Waals surface area contributed by atoms with E-state index in [9.17, 15) is 9.59 Å². The van der Waals surface area contributed by atoms with Gasteiger partial charge >= 0.3 is 5.97 Å². The molecule has 23 heavy (non-hydrogen) atoms. The van der Waals surface area contributed by atoms with Crippen LogP contribution in [0.2, 0.25) is 0 Å². The van der Waals surface area contributed by atoms with Gasteiger partial charge in [-0.05, 0) is 32.5 Å². The number of hydrogen-bond acceptors (Lipinski definition) is 4. The zero-order valence-electron chi connectivity index (χ0n) is 13.9. The second-order valence-corrected chi connectivity index (χ2v) is 6.15. The molecule has 0 aromatic heterocycles. The Bertz CT molecular complexity index is 588. The number of nitrogens with zero attached hydrogens (tertiary/aromatic N) is 2. The Morgan fingerprint density at radius 1 is 1.39 bits per heavy atom. The van der Waals surface area contributed by atoms with Crippen molar-refractivity contribution in [1.82, 2.24) is 9.80 Å². The zero-order valence-corrected chi connectivity index (χ0v) is 13.9. The van der Waals surface area contributed by atoms with E-state index in [2.05, 4.69) is 0 Å². The van der Waals surface area contributed by atoms with Crippen LogP contribution in [0.1, 0.15) is 21.5 Å². The Labute approximate surface area is 136 Å². The minimum atomic E-state index is -0.869. The monoisotopic (exact) mass is 320 g/mol. The molecular weight excluding hydrogens is 296 g/mol. The predicted octanol–water partition coefficient (Wildman–Crippen LogP) is 1.16. The van der Waals surface area contributed by atoms with E-state index in [1.807, 2.05) is 32.0 Å². The van der Waals surface area contributed by atoms with Gasteiger partial charge in [-0.2, -0.15) is 0 Å². The molecule has 0 aliphatic carbocycles. The number of aryl methyl sites for hydroxylation is 2. The van der Waals surface area contributed by atoms with Crippen molar-refractivity contribution in [3.8, 4) is 0 Å². The predicted molar refractivity (Wildman–Crippen MR) is 86.7 cm³/mol. The lowest BCUT2D eigenvalue weighted by Gasteiger charge is -2.35. The topological polar surface area (TPSA) is 70.1 Å². The average Bonchev–Trinajstić information content (AvgIpc) is 2.46. The molecule has 1 unspecified atom stereocenters. The number of carbonyl (C=O) groups is 2. The summed E-state index contributed by atoms with van der Waals surface area (Å²) in [5.74, 6) is -0.858. The number of ether oxygens (including phenoxy) is 1. The van der Waals surface area contributed by atoms with Crippen molar-refractivity contribution in [3.05, 3.63) is 34.9 Å². The van der Waals surface area contributed by atoms with Crippen LogP contribution in [0.4, 0.5) is 0 Å². The third-order valence-electron chi connectivity index (χ3n) is 3.96. The van der Waals surface area contributed by atoms with E-state index < -0.39 is 5.97 Å². The first-order valence-corrected chi connectivity index (χ1v) is 7.75. The SMILES string of the molecule is Cc1ccc(C(=O)N2CCOC(CN(C)CC(=O)O)C2)c(C)c1. The van der Waals surface area contributed by atoms with Gasteiger partial charge in [0.2, 0.25) is 0 Å². The number of carbonyl (C=O) groups excluding carboxylic acids is 1. The zero-order chi connectivity index (χ0) is 17.0. The van der Waals surface area contributed by atoms with Gasteiger partial charge < -0.3 is 14.7 Å². The summed E-state index contributed by atoms with van der Waals surface area (Å²) < 4.78 is 5.67. The second-order valence-electron chi connectivity index (χ2n) is 6.15. The van der Waals surface area contributed by atoms with Crippen molar-refractivity contribution >= 4 is 11.9 Å². The van der Waals surface area contributed by atoms with E-state index >= 15 is 0 Å². The molecule has 6 nitrogen and oxygen atoms in total. The van der Waals surface area contributed by atoms with Crippen LogP contribution in [0.25, 0.3) is 0 Å². The molecule has 1 atom stereocenters. The maximum atomic E-state index is 12.7. The van der Waals surface area contributed by atoms with Crippen LogP contribution < -0.4 is 0 Å². The molecule has 1 amide bonds. The standard InChI is InChI=1S/C17H24N2O4/c1-12-4-5-15(13(2)8-12)17(22)19-6-7-23-14(10-19)9-18(3)11-16(20)21/h4-5,8,14H,6-7,9-11H2,1-3H3,(H,20,21). The van der Waals surface area contributed by atoms with Crippen molar-refractivity contribution in [2.75, 3.05) is 39.8 Å². The highest BCUT2D eigenvalue weighted by Crippen LogP contribution is 2.16. The van der Waals surface area contributed by atoms with Crippen LogP contribution in [0, 0.1) is 13.8 Å². The molecule has 0 saturated carbocycles. The van der Waals surface area contributed by atoms with Crippen molar-refractivity contribution in [2.24, 2.45) is 0 Å². The fraction of sp³-hybridized carbons (Fsp3) is 0.529. The molecule has 0 radical (unpaired) electrons. The molecule has 0 bridgehead atoms. The molecule has 1 aromatic rings. The van der Waals surface area contributed by atoms with Crippen LogP contribution in [0.15, 0.2) is 18.2 Å². The normalized spacial score (nSPS) is 18.3. The van der Waals surface area contributed by atoms with Gasteiger partial charge in [0.25, 0.3) is 5.91 Å². The van der Waals surface area contributed by atoms with Gasteiger partial charge in [-0.3, -0.25) is 14.5 Å². The first-order chi connectivity index (χ1) is 10.9. The molecule has 1 heterocycles. The largest absolute Gasteiger partial charge is 0.480 e. The molecule has 1 aromatic carbocycles. The van der Waals surface area contributed by atoms with Gasteiger partial charge in [-0.15, -0.1) is 0 Å². The van der Waals surface area contributed by atoms with Crippen molar-refractivity contribution in [3.63, 3.8) is 0 Å². The number of rotatable bonds is 5. The van der Waals surface area contributed by atoms with Gasteiger partial charge in [-0.1, -0.05) is 17.7 Å². The van der Waals surface area contributed by atoms with Crippen LogP contribution in [0.5, 0.6) is 0 Å². The molecule has 1 saturated heterocycles. The van der Waals surface area contributed by atoms with E-state index in [0.717, 1.165) is 16.7 Å². The lowest BCUT2D eigenvalue weighted by Crippen LogP contribution is -2.49. The van der Waals surface area contributed by atoms with Crippen LogP contribution in [-0.4, -0.2) is 72.7 Å². The molecule has 1 aliphatic rings. The highest BCUT2D eigenvalue weighted by atomic mass is 16.5. The van der Waals surface area contributed by atoms with Gasteiger partial charge in [0.15, 0.2) is 0 Å². The van der Waals surface area contributed by atoms with E-state index in [1.165, 1.54) is 0 Å². The molecule has 126 valence electrons. The Balaban J connectivity index is 2.00. The summed E-state index contributed by atoms with van der Waals surface area (Å²) in [6.07, 6.45) is -0.164. The Kier molecular flexibility index (Phi) is 5.74. The Hall–Kier alpha value is -1.92. The molecule has 2 rings (SSSR count). The number of morpholine rings is 1. The fourth-order valence-electron chi connectivity index (χ4n) is 2.88. The third kappa shape index (κ3) is 4.77. The molecule has 1 fully saturated rings. The number of amides is 1. The summed E-state index contributed by atoms with van der Waals surface area (Å²) in [7, 11) is 1.74. The van der Waals surface area contributed by atoms with Crippen LogP contribution in [0.3, 0.4) is 0 Å². The summed E-state index contributed by atoms with van der Waals surface area (Å²) in [5, 5.41) is 8.81. The maximum Gasteiger partial charge on any atom is 0.317 e. The molecule has 6 heteroatoms. The van der Waals surface area contributed by atoms with E-state index in [0.29, 0.717) is 26.2 Å². The van der Waals surface area contributed by atoms with Crippen molar-refractivity contribution < 1.29 is 19.4 Å². The first-order valence-electron chi connectivity index (χ1n) is 7.75. The fourth-order valence-corrected chi connectivity index (χ4v) is 2.88. The minimum absolute atomic E-state index is 0.0108. The van der Waals surface area contributed by atoms with Gasteiger partial charge in [0.05, 0.1) is 19.3 Å². The second kappa shape index (κ2) is 7.57. The van der Waals surface area contributed by atoms with Crippen molar-refractivity contribution in [2.45, 2.75) is 20.0 Å². The minimum Gasteiger partial charge on any atom is -0.480 e. The van der Waals surface area contributed by atoms with Crippen molar-refractivity contribution in [1.29, 1.82) is 0 Å². The Morgan fingerprint density at radius 3 is 2.78 bits per heavy atom. The quantitative estimate of drug-likeness (QED) is 0.881. The lowest BCUT2D eigenvalue weighted by molar-refractivity contribution is -0.138. The summed E-state index contributed by atoms with van der Waals surface area (Å²) in [6.45, 7) is 5.92. The number of likely N-dealkylation sites (N-methyl/N-ethyl adjacent to an activating group) is 1. The highest BCUT2D eigenvalue weighted by Gasteiger charge is 2.26. The molecule has 1 aliphatic heterocycles. The van der Waals surface area contributed by atoms with Crippen LogP contribution >= 0.6 is 0 Å². The maximum absolute atomic E-state index is 12.7. The summed E-state index contributed by atoms with van der Waals surface area (Å²) >= 11 is 0. The molecular formula is C17H24N2O4. The Morgan fingerprint density at radius 2 is 2.13 bits per heavy atom. The van der Waals surface area contributed by atoms with Gasteiger partial charge in [-0.25, -0.2) is 0 Å². The smallest absolute Gasteiger partial charge is 0.317 e. The van der Waals surface area contributed by atoms with Gasteiger partial charge in [0, 0.05) is 25.2 Å². The highest BCUT2D eigenvalue weighted by molar-refractivity contribution is 5.95. The van der Waals surface area contributed by atoms with Crippen LogP contribution in [-0.2, 0) is 9.53 Å². The van der Waals surface area contributed by atoms with E-state index in [1.54, 1.807) is 16.8 Å². The molecule has 1 N–H and O–H groups in total. The first kappa shape index (κ1) is 17.4. The summed E-state index contributed by atoms with van der Waals surface area (Å²) in [4.78, 5) is 26.9. The molecule has 0 spiro atoms. The third-order valence-corrected chi connectivity index (χ3v) is 3.96. The number of aliphatic carboxylic acids is 1. The number of carboxylic acids is 1.